The number of halogens is 1. The minimum absolute atomic E-state index is 0.286. The van der Waals surface area contributed by atoms with Crippen LogP contribution in [0.1, 0.15) is 0 Å². The van der Waals surface area contributed by atoms with E-state index in [0.29, 0.717) is 26.4 Å². The van der Waals surface area contributed by atoms with Crippen LogP contribution in [-0.4, -0.2) is 33.5 Å². The second-order valence-electron chi connectivity index (χ2n) is 5.44. The lowest BCUT2D eigenvalue weighted by molar-refractivity contribution is -0.598. The summed E-state index contributed by atoms with van der Waals surface area (Å²) < 4.78 is 19.4. The summed E-state index contributed by atoms with van der Waals surface area (Å²) in [4.78, 5) is 0. The number of methoxy groups -OCH3 is 1. The van der Waals surface area contributed by atoms with Gasteiger partial charge in [0.05, 0.1) is 19.8 Å². The number of hydrogen-bond donors (Lipinski definition) is 0. The second-order valence-corrected chi connectivity index (χ2v) is 8.39. The Bertz CT molecular complexity index is 790. The Morgan fingerprint density at radius 2 is 1.52 bits per heavy atom. The van der Waals surface area contributed by atoms with Crippen molar-refractivity contribution in [1.29, 1.82) is 0 Å². The van der Waals surface area contributed by atoms with Crippen LogP contribution in [0.3, 0.4) is 0 Å². The van der Waals surface area contributed by atoms with E-state index in [1.165, 1.54) is 17.9 Å². The molecule has 0 saturated heterocycles. The monoisotopic (exact) mass is 449 g/mol. The molecular weight excluding hydrogens is 427 g/mol. The van der Waals surface area contributed by atoms with Gasteiger partial charge in [0, 0.05) is 12.5 Å². The maximum Gasteiger partial charge on any atom is 0.362 e. The molecule has 0 spiro atoms. The molecule has 3 rings (SSSR count). The Labute approximate surface area is 159 Å². The highest BCUT2D eigenvalue weighted by Gasteiger charge is 2.23. The molecule has 0 heterocycles. The van der Waals surface area contributed by atoms with E-state index in [4.69, 9.17) is 14.2 Å². The summed E-state index contributed by atoms with van der Waals surface area (Å²) >= 11 is -0.286. The molecule has 0 saturated carbocycles. The van der Waals surface area contributed by atoms with E-state index in [-0.39, 0.29) is 21.2 Å². The van der Waals surface area contributed by atoms with Crippen LogP contribution in [0.4, 0.5) is 0 Å². The van der Waals surface area contributed by atoms with Gasteiger partial charge in [-0.2, -0.15) is 0 Å². The molecule has 0 N–H and O–H groups in total. The first-order chi connectivity index (χ1) is 12.4. The first kappa shape index (κ1) is 18.2. The molecule has 0 bridgehead atoms. The zero-order valence-corrected chi connectivity index (χ0v) is 16.4. The highest BCUT2D eigenvalue weighted by atomic mass is 127. The molecule has 3 aromatic carbocycles. The molecule has 0 aliphatic carbocycles. The first-order valence-electron chi connectivity index (χ1n) is 8.29. The summed E-state index contributed by atoms with van der Waals surface area (Å²) in [6.45, 7) is 2.32. The molecule has 0 radical (unpaired) electrons. The minimum atomic E-state index is -0.286. The van der Waals surface area contributed by atoms with Crippen LogP contribution in [0, 0.1) is 7.14 Å². The molecular formula is C21H22IO3+. The zero-order valence-electron chi connectivity index (χ0n) is 14.3. The van der Waals surface area contributed by atoms with Gasteiger partial charge in [0.25, 0.3) is 0 Å². The SMILES string of the molecule is COCCOCCOc1c([I+]c2ccccc2)ccc2ccccc12. The lowest BCUT2D eigenvalue weighted by atomic mass is 10.1. The van der Waals surface area contributed by atoms with Gasteiger partial charge in [-0.1, -0.05) is 42.5 Å². The van der Waals surface area contributed by atoms with Crippen molar-refractivity contribution < 1.29 is 35.4 Å². The number of benzene rings is 3. The topological polar surface area (TPSA) is 27.7 Å². The second kappa shape index (κ2) is 9.75. The number of hydrogen-bond acceptors (Lipinski definition) is 3. The third kappa shape index (κ3) is 5.17. The van der Waals surface area contributed by atoms with Crippen molar-refractivity contribution in [3.8, 4) is 5.75 Å². The van der Waals surface area contributed by atoms with Gasteiger partial charge in [-0.3, -0.25) is 0 Å². The average Bonchev–Trinajstić information content (AvgIpc) is 2.66. The summed E-state index contributed by atoms with van der Waals surface area (Å²) in [6, 6.07) is 23.4. The predicted octanol–water partition coefficient (Wildman–Crippen LogP) is 1.01. The molecule has 130 valence electrons. The number of fused-ring (bicyclic) bond motifs is 1. The van der Waals surface area contributed by atoms with Gasteiger partial charge in [-0.25, -0.2) is 0 Å². The molecule has 0 unspecified atom stereocenters. The fraction of sp³-hybridized carbons (Fsp3) is 0.238. The van der Waals surface area contributed by atoms with E-state index >= 15 is 0 Å². The van der Waals surface area contributed by atoms with E-state index < -0.39 is 0 Å². The molecule has 25 heavy (non-hydrogen) atoms. The molecule has 3 nitrogen and oxygen atoms in total. The molecule has 0 aliphatic heterocycles. The Morgan fingerprint density at radius 1 is 0.760 bits per heavy atom. The van der Waals surface area contributed by atoms with Crippen LogP contribution in [0.5, 0.6) is 5.75 Å². The quantitative estimate of drug-likeness (QED) is 0.361. The normalized spacial score (nSPS) is 10.9. The molecule has 0 atom stereocenters. The summed E-state index contributed by atoms with van der Waals surface area (Å²) in [6.07, 6.45) is 0. The zero-order chi connectivity index (χ0) is 17.3. The van der Waals surface area contributed by atoms with Crippen molar-refractivity contribution >= 4 is 10.8 Å². The van der Waals surface area contributed by atoms with Crippen molar-refractivity contribution in [3.63, 3.8) is 0 Å². The first-order valence-corrected chi connectivity index (χ1v) is 10.5. The van der Waals surface area contributed by atoms with E-state index in [9.17, 15) is 0 Å². The standard InChI is InChI=1S/C21H22IO3/c1-23-13-14-24-15-16-25-21-19-10-6-5-7-17(19)11-12-20(21)22-18-8-3-2-4-9-18/h2-12H,13-16H2,1H3/q+1. The number of ether oxygens (including phenoxy) is 3. The van der Waals surface area contributed by atoms with Gasteiger partial charge in [0.2, 0.25) is 3.57 Å². The van der Waals surface area contributed by atoms with Crippen LogP contribution in [0.25, 0.3) is 10.8 Å². The Balaban J connectivity index is 1.78. The Hall–Kier alpha value is -1.63. The Morgan fingerprint density at radius 3 is 2.36 bits per heavy atom. The summed E-state index contributed by atoms with van der Waals surface area (Å²) in [5, 5.41) is 2.38. The molecule has 0 aliphatic rings. The third-order valence-corrected chi connectivity index (χ3v) is 6.45. The van der Waals surface area contributed by atoms with Crippen molar-refractivity contribution in [3.05, 3.63) is 73.9 Å². The maximum atomic E-state index is 6.16. The van der Waals surface area contributed by atoms with E-state index in [0.717, 1.165) is 5.75 Å². The van der Waals surface area contributed by atoms with E-state index in [2.05, 4.69) is 66.7 Å². The van der Waals surface area contributed by atoms with Crippen molar-refractivity contribution in [2.45, 2.75) is 0 Å². The summed E-state index contributed by atoms with van der Waals surface area (Å²) in [5.41, 5.74) is 0. The highest BCUT2D eigenvalue weighted by Crippen LogP contribution is 2.25. The van der Waals surface area contributed by atoms with Gasteiger partial charge in [0.15, 0.2) is 9.32 Å². The van der Waals surface area contributed by atoms with Crippen LogP contribution in [-0.2, 0) is 9.47 Å². The molecule has 0 aromatic heterocycles. The largest absolute Gasteiger partial charge is 0.486 e. The molecule has 4 heteroatoms. The minimum Gasteiger partial charge on any atom is -0.486 e. The van der Waals surface area contributed by atoms with Gasteiger partial charge in [-0.15, -0.1) is 0 Å². The maximum absolute atomic E-state index is 6.16. The summed E-state index contributed by atoms with van der Waals surface area (Å²) in [5.74, 6) is 1.00. The molecule has 0 fully saturated rings. The van der Waals surface area contributed by atoms with Crippen molar-refractivity contribution in [1.82, 2.24) is 0 Å². The third-order valence-electron chi connectivity index (χ3n) is 3.68. The Kier molecular flexibility index (Phi) is 7.09. The van der Waals surface area contributed by atoms with Crippen molar-refractivity contribution in [2.75, 3.05) is 33.5 Å². The van der Waals surface area contributed by atoms with Crippen LogP contribution >= 0.6 is 0 Å². The predicted molar refractivity (Wildman–Crippen MR) is 96.0 cm³/mol. The van der Waals surface area contributed by atoms with Crippen LogP contribution < -0.4 is 25.9 Å². The molecule has 0 amide bonds. The average molecular weight is 449 g/mol. The van der Waals surface area contributed by atoms with Crippen LogP contribution in [0.15, 0.2) is 66.7 Å². The number of rotatable bonds is 9. The van der Waals surface area contributed by atoms with Crippen molar-refractivity contribution in [2.24, 2.45) is 0 Å². The van der Waals surface area contributed by atoms with E-state index in [1.54, 1.807) is 7.11 Å². The fourth-order valence-corrected chi connectivity index (χ4v) is 4.98. The van der Waals surface area contributed by atoms with Crippen LogP contribution in [0.2, 0.25) is 0 Å². The van der Waals surface area contributed by atoms with Gasteiger partial charge < -0.3 is 14.2 Å². The lowest BCUT2D eigenvalue weighted by Crippen LogP contribution is -3.61. The van der Waals surface area contributed by atoms with Gasteiger partial charge in [-0.05, 0) is 29.7 Å². The summed E-state index contributed by atoms with van der Waals surface area (Å²) in [7, 11) is 1.68. The molecule has 3 aromatic rings. The lowest BCUT2D eigenvalue weighted by Gasteiger charge is -2.10. The fourth-order valence-electron chi connectivity index (χ4n) is 2.48. The highest BCUT2D eigenvalue weighted by molar-refractivity contribution is 5.88. The smallest absolute Gasteiger partial charge is 0.362 e. The van der Waals surface area contributed by atoms with Gasteiger partial charge in [0.1, 0.15) is 6.61 Å². The van der Waals surface area contributed by atoms with Gasteiger partial charge >= 0.3 is 21.2 Å². The van der Waals surface area contributed by atoms with E-state index in [1.807, 2.05) is 0 Å².